The quantitative estimate of drug-likeness (QED) is 0.464. The van der Waals surface area contributed by atoms with Crippen molar-refractivity contribution in [3.05, 3.63) is 0 Å². The van der Waals surface area contributed by atoms with Gasteiger partial charge in [0.05, 0.1) is 0 Å². The van der Waals surface area contributed by atoms with Gasteiger partial charge < -0.3 is 5.32 Å². The first-order chi connectivity index (χ1) is 4.95. The van der Waals surface area contributed by atoms with Gasteiger partial charge in [0.25, 0.3) is 0 Å². The molecule has 0 spiro atoms. The third kappa shape index (κ3) is 1.87. The van der Waals surface area contributed by atoms with E-state index < -0.39 is 0 Å². The lowest BCUT2D eigenvalue weighted by atomic mass is 10.1. The molecule has 2 aliphatic rings. The molecule has 0 aromatic heterocycles. The van der Waals surface area contributed by atoms with Crippen molar-refractivity contribution in [1.29, 1.82) is 0 Å². The van der Waals surface area contributed by atoms with Crippen molar-refractivity contribution >= 4 is 12.8 Å². The topological polar surface area (TPSA) is 38.0 Å². The maximum Gasteiger partial charge on any atom is 0.00702 e. The molecule has 0 amide bonds. The molecule has 0 aromatic rings. The first kappa shape index (κ1) is 8.37. The van der Waals surface area contributed by atoms with Gasteiger partial charge in [-0.1, -0.05) is 6.42 Å². The Balaban J connectivity index is 0.000000231. The monoisotopic (exact) mass is 160 g/mol. The average Bonchev–Trinajstić information content (AvgIpc) is 2.35. The number of rotatable bonds is 0. The van der Waals surface area contributed by atoms with Crippen LogP contribution in [-0.4, -0.2) is 12.1 Å². The van der Waals surface area contributed by atoms with Crippen molar-refractivity contribution < 1.29 is 0 Å². The van der Waals surface area contributed by atoms with Crippen molar-refractivity contribution in [2.75, 3.05) is 0 Å². The molecule has 3 heteroatoms. The summed E-state index contributed by atoms with van der Waals surface area (Å²) in [6.07, 6.45) is 7.25. The van der Waals surface area contributed by atoms with E-state index in [1.54, 1.807) is 0 Å². The molecular formula is C7H16N2S. The molecule has 2 bridgehead atoms. The maximum absolute atomic E-state index is 4.19. The van der Waals surface area contributed by atoms with E-state index in [9.17, 15) is 0 Å². The first-order valence-electron chi connectivity index (χ1n) is 3.97. The normalized spacial score (nSPS) is 36.6. The van der Waals surface area contributed by atoms with E-state index >= 15 is 0 Å². The Hall–Kier alpha value is 0.270. The van der Waals surface area contributed by atoms with Gasteiger partial charge >= 0.3 is 0 Å². The predicted octanol–water partition coefficient (Wildman–Crippen LogP) is 1.08. The largest absolute Gasteiger partial charge is 0.311 e. The van der Waals surface area contributed by atoms with E-state index in [1.165, 1.54) is 32.1 Å². The van der Waals surface area contributed by atoms with E-state index in [0.29, 0.717) is 0 Å². The van der Waals surface area contributed by atoms with Crippen LogP contribution in [0.25, 0.3) is 0 Å². The van der Waals surface area contributed by atoms with E-state index in [4.69, 9.17) is 0 Å². The summed E-state index contributed by atoms with van der Waals surface area (Å²) in [5, 5.41) is 7.78. The lowest BCUT2D eigenvalue weighted by Crippen LogP contribution is -2.33. The molecule has 2 heterocycles. The van der Waals surface area contributed by atoms with Crippen LogP contribution in [0.3, 0.4) is 0 Å². The number of hydrogen-bond acceptors (Lipinski definition) is 3. The smallest absolute Gasteiger partial charge is 0.00702 e. The van der Waals surface area contributed by atoms with Crippen molar-refractivity contribution in [2.24, 2.45) is 5.14 Å². The van der Waals surface area contributed by atoms with E-state index in [1.807, 2.05) is 0 Å². The second kappa shape index (κ2) is 4.21. The molecule has 2 nitrogen and oxygen atoms in total. The highest BCUT2D eigenvalue weighted by atomic mass is 32.1. The molecule has 0 aromatic carbocycles. The third-order valence-electron chi connectivity index (χ3n) is 2.44. The van der Waals surface area contributed by atoms with Crippen LogP contribution in [0.1, 0.15) is 32.1 Å². The minimum atomic E-state index is 0.911. The van der Waals surface area contributed by atoms with Gasteiger partial charge in [-0.25, -0.2) is 0 Å². The van der Waals surface area contributed by atoms with Crippen molar-refractivity contribution in [3.8, 4) is 0 Å². The summed E-state index contributed by atoms with van der Waals surface area (Å²) in [6, 6.07) is 1.82. The molecule has 2 rings (SSSR count). The standard InChI is InChI=1S/C7H13N.H3NS/c1-2-6-4-5-7(3-1)8-6;1-2/h6-8H,1-5H2;2H,1H2. The fourth-order valence-corrected chi connectivity index (χ4v) is 1.97. The van der Waals surface area contributed by atoms with Crippen molar-refractivity contribution in [3.63, 3.8) is 0 Å². The Morgan fingerprint density at radius 1 is 1.00 bits per heavy atom. The highest BCUT2D eigenvalue weighted by molar-refractivity contribution is 7.77. The number of hydrogen-bond donors (Lipinski definition) is 3. The number of thiol groups is 1. The van der Waals surface area contributed by atoms with Crippen LogP contribution in [0.5, 0.6) is 0 Å². The van der Waals surface area contributed by atoms with Gasteiger partial charge in [0.2, 0.25) is 0 Å². The van der Waals surface area contributed by atoms with Crippen LogP contribution >= 0.6 is 12.8 Å². The fraction of sp³-hybridized carbons (Fsp3) is 1.00. The van der Waals surface area contributed by atoms with Crippen molar-refractivity contribution in [1.82, 2.24) is 5.32 Å². The van der Waals surface area contributed by atoms with Crippen molar-refractivity contribution in [2.45, 2.75) is 44.2 Å². The molecule has 2 fully saturated rings. The van der Waals surface area contributed by atoms with E-state index in [-0.39, 0.29) is 0 Å². The summed E-state index contributed by atoms with van der Waals surface area (Å²) < 4.78 is 0. The maximum atomic E-state index is 4.19. The number of nitrogens with two attached hydrogens (primary N) is 1. The molecule has 10 heavy (non-hydrogen) atoms. The molecule has 2 atom stereocenters. The van der Waals surface area contributed by atoms with E-state index in [2.05, 4.69) is 23.3 Å². The predicted molar refractivity (Wildman–Crippen MR) is 47.0 cm³/mol. The second-order valence-corrected chi connectivity index (χ2v) is 3.07. The summed E-state index contributed by atoms with van der Waals surface area (Å²) in [5.74, 6) is 0. The molecule has 2 unspecified atom stereocenters. The minimum Gasteiger partial charge on any atom is -0.311 e. The lowest BCUT2D eigenvalue weighted by Gasteiger charge is -2.19. The van der Waals surface area contributed by atoms with Gasteiger partial charge in [-0.3, -0.25) is 5.14 Å². The Morgan fingerprint density at radius 3 is 1.90 bits per heavy atom. The fourth-order valence-electron chi connectivity index (χ4n) is 1.97. The zero-order valence-corrected chi connectivity index (χ0v) is 7.11. The molecule has 60 valence electrons. The van der Waals surface area contributed by atoms with Gasteiger partial charge in [-0.2, -0.15) is 0 Å². The van der Waals surface area contributed by atoms with Crippen LogP contribution in [0, 0.1) is 0 Å². The highest BCUT2D eigenvalue weighted by Gasteiger charge is 2.26. The lowest BCUT2D eigenvalue weighted by molar-refractivity contribution is 0.406. The van der Waals surface area contributed by atoms with Crippen LogP contribution in [0.15, 0.2) is 0 Å². The zero-order chi connectivity index (χ0) is 7.40. The van der Waals surface area contributed by atoms with Gasteiger partial charge in [0.1, 0.15) is 0 Å². The second-order valence-electron chi connectivity index (χ2n) is 3.07. The molecule has 2 saturated heterocycles. The molecule has 2 aliphatic heterocycles. The Kier molecular flexibility index (Phi) is 3.52. The Morgan fingerprint density at radius 2 is 1.50 bits per heavy atom. The van der Waals surface area contributed by atoms with Crippen LogP contribution in [0.2, 0.25) is 0 Å². The van der Waals surface area contributed by atoms with Gasteiger partial charge in [-0.05, 0) is 25.7 Å². The summed E-state index contributed by atoms with van der Waals surface area (Å²) in [7, 11) is 0. The average molecular weight is 160 g/mol. The molecule has 0 aliphatic carbocycles. The Labute approximate surface area is 68.1 Å². The Bertz CT molecular complexity index is 83.6. The van der Waals surface area contributed by atoms with Gasteiger partial charge in [0.15, 0.2) is 0 Å². The van der Waals surface area contributed by atoms with Crippen LogP contribution in [0.4, 0.5) is 0 Å². The summed E-state index contributed by atoms with van der Waals surface area (Å²) in [6.45, 7) is 0. The first-order valence-corrected chi connectivity index (χ1v) is 4.48. The molecule has 0 saturated carbocycles. The van der Waals surface area contributed by atoms with Crippen LogP contribution in [-0.2, 0) is 0 Å². The SMILES string of the molecule is C1CC2CCC(C1)N2.NS. The van der Waals surface area contributed by atoms with Gasteiger partial charge in [-0.15, -0.1) is 12.8 Å². The zero-order valence-electron chi connectivity index (χ0n) is 6.21. The third-order valence-corrected chi connectivity index (χ3v) is 2.44. The number of fused-ring (bicyclic) bond motifs is 2. The molecular weight excluding hydrogens is 144 g/mol. The number of piperidine rings is 1. The molecule has 0 radical (unpaired) electrons. The van der Waals surface area contributed by atoms with E-state index in [0.717, 1.165) is 12.1 Å². The summed E-state index contributed by atoms with van der Waals surface area (Å²) in [4.78, 5) is 0. The summed E-state index contributed by atoms with van der Waals surface area (Å²) in [5.41, 5.74) is 0. The minimum absolute atomic E-state index is 0.911. The van der Waals surface area contributed by atoms with Crippen LogP contribution < -0.4 is 10.5 Å². The number of nitrogens with one attached hydrogen (secondary N) is 1. The molecule has 3 N–H and O–H groups in total. The summed E-state index contributed by atoms with van der Waals surface area (Å²) >= 11 is 3.03. The van der Waals surface area contributed by atoms with Gasteiger partial charge in [0, 0.05) is 12.1 Å². The highest BCUT2D eigenvalue weighted by Crippen LogP contribution is 2.25.